The van der Waals surface area contributed by atoms with Crippen LogP contribution in [-0.2, 0) is 15.7 Å². The number of hydrogen-bond acceptors (Lipinski definition) is 6. The number of benzene rings is 3. The Hall–Kier alpha value is -3.98. The number of carbonyl (C=O) groups is 1. The molecule has 4 aromatic rings. The molecule has 0 aliphatic carbocycles. The average Bonchev–Trinajstić information content (AvgIpc) is 2.88. The highest BCUT2D eigenvalue weighted by molar-refractivity contribution is 6.33. The number of methoxy groups -OCH3 is 1. The van der Waals surface area contributed by atoms with E-state index < -0.39 is 24.7 Å². The van der Waals surface area contributed by atoms with Gasteiger partial charge in [0.2, 0.25) is 6.79 Å². The molecule has 0 fully saturated rings. The summed E-state index contributed by atoms with van der Waals surface area (Å²) in [5, 5.41) is 0.874. The van der Waals surface area contributed by atoms with E-state index in [9.17, 15) is 18.0 Å². The lowest BCUT2D eigenvalue weighted by atomic mass is 9.96. The van der Waals surface area contributed by atoms with Gasteiger partial charge in [0.25, 0.3) is 0 Å². The van der Waals surface area contributed by atoms with Gasteiger partial charge in [0.1, 0.15) is 11.5 Å². The van der Waals surface area contributed by atoms with E-state index in [1.54, 1.807) is 56.3 Å². The molecule has 0 unspecified atom stereocenters. The van der Waals surface area contributed by atoms with Gasteiger partial charge in [0.05, 0.1) is 29.8 Å². The van der Waals surface area contributed by atoms with E-state index in [1.165, 1.54) is 13.2 Å². The normalized spacial score (nSPS) is 11.3. The minimum atomic E-state index is -4.44. The number of pyridine rings is 1. The van der Waals surface area contributed by atoms with Gasteiger partial charge in [0.15, 0.2) is 0 Å². The molecule has 1 aromatic heterocycles. The van der Waals surface area contributed by atoms with E-state index in [2.05, 4.69) is 4.98 Å². The quantitative estimate of drug-likeness (QED) is 0.173. The van der Waals surface area contributed by atoms with Crippen molar-refractivity contribution in [3.8, 4) is 33.8 Å². The summed E-state index contributed by atoms with van der Waals surface area (Å²) in [4.78, 5) is 16.3. The topological polar surface area (TPSA) is 66.9 Å². The molecule has 4 rings (SSSR count). The van der Waals surface area contributed by atoms with Crippen LogP contribution in [0.4, 0.5) is 18.0 Å². The molecule has 0 saturated carbocycles. The van der Waals surface area contributed by atoms with Crippen LogP contribution in [0.1, 0.15) is 18.2 Å². The SMILES string of the molecule is CCOC(=O)OCOc1c(-c2ccc(-c3cccc(C(F)(F)F)c3)cc2)c(C)nc2cc(OC)c(Cl)cc12. The number of ether oxygens (including phenoxy) is 4. The molecule has 3 aromatic carbocycles. The Labute approximate surface area is 221 Å². The van der Waals surface area contributed by atoms with Gasteiger partial charge in [-0.15, -0.1) is 0 Å². The minimum Gasteiger partial charge on any atom is -0.495 e. The number of aryl methyl sites for hydroxylation is 1. The maximum Gasteiger partial charge on any atom is 0.511 e. The Bertz CT molecular complexity index is 1470. The second-order valence-corrected chi connectivity index (χ2v) is 8.56. The number of aromatic nitrogens is 1. The fourth-order valence-corrected chi connectivity index (χ4v) is 4.24. The van der Waals surface area contributed by atoms with E-state index in [1.807, 2.05) is 0 Å². The van der Waals surface area contributed by atoms with Crippen LogP contribution in [0.15, 0.2) is 60.7 Å². The first-order chi connectivity index (χ1) is 18.1. The number of alkyl halides is 3. The monoisotopic (exact) mass is 545 g/mol. The highest BCUT2D eigenvalue weighted by Crippen LogP contribution is 2.42. The van der Waals surface area contributed by atoms with Crippen LogP contribution in [0.25, 0.3) is 33.2 Å². The summed E-state index contributed by atoms with van der Waals surface area (Å²) in [7, 11) is 1.49. The van der Waals surface area contributed by atoms with Gasteiger partial charge in [0, 0.05) is 22.7 Å². The second-order valence-electron chi connectivity index (χ2n) is 8.15. The third kappa shape index (κ3) is 5.78. The lowest BCUT2D eigenvalue weighted by Crippen LogP contribution is -2.12. The summed E-state index contributed by atoms with van der Waals surface area (Å²) < 4.78 is 60.5. The summed E-state index contributed by atoms with van der Waals surface area (Å²) in [6, 6.07) is 15.4. The summed E-state index contributed by atoms with van der Waals surface area (Å²) in [6.07, 6.45) is -5.32. The fraction of sp³-hybridized carbons (Fsp3) is 0.214. The molecule has 6 nitrogen and oxygen atoms in total. The Morgan fingerprint density at radius 1 is 0.974 bits per heavy atom. The first-order valence-corrected chi connectivity index (χ1v) is 11.9. The molecule has 1 heterocycles. The molecule has 0 radical (unpaired) electrons. The van der Waals surface area contributed by atoms with Gasteiger partial charge < -0.3 is 18.9 Å². The van der Waals surface area contributed by atoms with E-state index in [4.69, 9.17) is 30.5 Å². The molecular weight excluding hydrogens is 523 g/mol. The van der Waals surface area contributed by atoms with E-state index in [0.29, 0.717) is 55.4 Å². The van der Waals surface area contributed by atoms with Gasteiger partial charge in [-0.25, -0.2) is 4.79 Å². The molecule has 198 valence electrons. The number of carbonyl (C=O) groups excluding carboxylic acids is 1. The van der Waals surface area contributed by atoms with Crippen molar-refractivity contribution >= 4 is 28.7 Å². The highest BCUT2D eigenvalue weighted by atomic mass is 35.5. The van der Waals surface area contributed by atoms with Crippen molar-refractivity contribution in [2.24, 2.45) is 0 Å². The molecule has 0 aliphatic heterocycles. The Balaban J connectivity index is 1.78. The third-order valence-corrected chi connectivity index (χ3v) is 6.03. The first-order valence-electron chi connectivity index (χ1n) is 11.5. The Kier molecular flexibility index (Phi) is 7.97. The summed E-state index contributed by atoms with van der Waals surface area (Å²) in [5.74, 6) is 0.783. The maximum atomic E-state index is 13.2. The zero-order chi connectivity index (χ0) is 27.4. The average molecular weight is 546 g/mol. The van der Waals surface area contributed by atoms with Gasteiger partial charge >= 0.3 is 12.3 Å². The van der Waals surface area contributed by atoms with Crippen LogP contribution in [0.5, 0.6) is 11.5 Å². The molecule has 0 atom stereocenters. The summed E-state index contributed by atoms with van der Waals surface area (Å²) in [5.41, 5.74) is 2.73. The number of fused-ring (bicyclic) bond motifs is 1. The standard InChI is InChI=1S/C28H23ClF3NO5/c1-4-36-27(34)38-15-37-26-21-13-22(29)24(35-3)14-23(21)33-16(2)25(26)18-10-8-17(9-11-18)19-6-5-7-20(12-19)28(30,31)32/h5-14H,4,15H2,1-3H3. The largest absolute Gasteiger partial charge is 0.511 e. The van der Waals surface area contributed by atoms with Crippen LogP contribution < -0.4 is 9.47 Å². The van der Waals surface area contributed by atoms with E-state index >= 15 is 0 Å². The van der Waals surface area contributed by atoms with Crippen LogP contribution in [0.2, 0.25) is 5.02 Å². The molecule has 38 heavy (non-hydrogen) atoms. The van der Waals surface area contributed by atoms with Crippen molar-refractivity contribution in [1.29, 1.82) is 0 Å². The van der Waals surface area contributed by atoms with Crippen LogP contribution in [0.3, 0.4) is 0 Å². The molecule has 0 N–H and O–H groups in total. The van der Waals surface area contributed by atoms with E-state index in [0.717, 1.165) is 12.1 Å². The molecule has 0 spiro atoms. The van der Waals surface area contributed by atoms with Crippen molar-refractivity contribution in [2.75, 3.05) is 20.5 Å². The van der Waals surface area contributed by atoms with E-state index in [-0.39, 0.29) is 6.61 Å². The van der Waals surface area contributed by atoms with Crippen molar-refractivity contribution in [1.82, 2.24) is 4.98 Å². The predicted octanol–water partition coefficient (Wildman–Crippen LogP) is 8.07. The summed E-state index contributed by atoms with van der Waals surface area (Å²) >= 11 is 6.38. The fourth-order valence-electron chi connectivity index (χ4n) is 4.00. The zero-order valence-electron chi connectivity index (χ0n) is 20.7. The smallest absolute Gasteiger partial charge is 0.495 e. The van der Waals surface area contributed by atoms with Gasteiger partial charge in [-0.05, 0) is 48.7 Å². The predicted molar refractivity (Wildman–Crippen MR) is 138 cm³/mol. The molecule has 0 saturated heterocycles. The van der Waals surface area contributed by atoms with Gasteiger partial charge in [-0.3, -0.25) is 4.98 Å². The second kappa shape index (κ2) is 11.2. The van der Waals surface area contributed by atoms with Crippen LogP contribution in [0, 0.1) is 6.92 Å². The van der Waals surface area contributed by atoms with Crippen molar-refractivity contribution < 1.29 is 36.9 Å². The van der Waals surface area contributed by atoms with Gasteiger partial charge in [-0.2, -0.15) is 13.2 Å². The minimum absolute atomic E-state index is 0.148. The van der Waals surface area contributed by atoms with Crippen LogP contribution in [-0.4, -0.2) is 31.6 Å². The molecule has 0 aliphatic rings. The zero-order valence-corrected chi connectivity index (χ0v) is 21.4. The highest BCUT2D eigenvalue weighted by Gasteiger charge is 2.30. The Morgan fingerprint density at radius 2 is 1.68 bits per heavy atom. The number of nitrogens with zero attached hydrogens (tertiary/aromatic N) is 1. The first kappa shape index (κ1) is 27.1. The maximum absolute atomic E-state index is 13.2. The summed E-state index contributed by atoms with van der Waals surface area (Å²) in [6.45, 7) is 3.15. The molecular formula is C28H23ClF3NO5. The molecule has 0 amide bonds. The third-order valence-electron chi connectivity index (χ3n) is 5.73. The molecule has 10 heteroatoms. The number of hydrogen-bond donors (Lipinski definition) is 0. The number of halogens is 4. The Morgan fingerprint density at radius 3 is 2.34 bits per heavy atom. The van der Waals surface area contributed by atoms with Crippen molar-refractivity contribution in [3.63, 3.8) is 0 Å². The lowest BCUT2D eigenvalue weighted by Gasteiger charge is -2.18. The van der Waals surface area contributed by atoms with Gasteiger partial charge in [-0.1, -0.05) is 48.0 Å². The number of rotatable bonds is 7. The van der Waals surface area contributed by atoms with Crippen molar-refractivity contribution in [2.45, 2.75) is 20.0 Å². The van der Waals surface area contributed by atoms with Crippen molar-refractivity contribution in [3.05, 3.63) is 76.9 Å². The molecule has 0 bridgehead atoms. The van der Waals surface area contributed by atoms with Crippen LogP contribution >= 0.6 is 11.6 Å². The lowest BCUT2D eigenvalue weighted by molar-refractivity contribution is -0.137.